The lowest BCUT2D eigenvalue weighted by atomic mass is 9.75. The molecule has 0 saturated carbocycles. The van der Waals surface area contributed by atoms with E-state index in [1.807, 2.05) is 18.3 Å². The number of nitrogens with one attached hydrogen (secondary N) is 2. The van der Waals surface area contributed by atoms with Crippen molar-refractivity contribution in [3.8, 4) is 0 Å². The van der Waals surface area contributed by atoms with Crippen LogP contribution in [0.1, 0.15) is 16.8 Å². The molecule has 0 fully saturated rings. The largest absolute Gasteiger partial charge is 0.350 e. The van der Waals surface area contributed by atoms with Crippen molar-refractivity contribution in [2.24, 2.45) is 22.2 Å². The van der Waals surface area contributed by atoms with E-state index in [2.05, 4.69) is 35.0 Å². The van der Waals surface area contributed by atoms with Crippen LogP contribution in [0.25, 0.3) is 23.1 Å². The highest BCUT2D eigenvalue weighted by molar-refractivity contribution is 5.98. The third-order valence-corrected chi connectivity index (χ3v) is 5.32. The van der Waals surface area contributed by atoms with Crippen LogP contribution in [0.2, 0.25) is 0 Å². The lowest BCUT2D eigenvalue weighted by Gasteiger charge is -2.28. The van der Waals surface area contributed by atoms with E-state index in [-0.39, 0.29) is 11.3 Å². The molecule has 3 heterocycles. The van der Waals surface area contributed by atoms with Crippen LogP contribution < -0.4 is 27.2 Å². The zero-order valence-corrected chi connectivity index (χ0v) is 13.5. The monoisotopic (exact) mass is 331 g/mol. The molecule has 2 unspecified atom stereocenters. The van der Waals surface area contributed by atoms with Gasteiger partial charge in [0.2, 0.25) is 0 Å². The maximum atomic E-state index is 11.8. The van der Waals surface area contributed by atoms with Crippen molar-refractivity contribution >= 4 is 34.8 Å². The maximum absolute atomic E-state index is 11.8. The molecule has 1 aliphatic carbocycles. The van der Waals surface area contributed by atoms with Gasteiger partial charge in [-0.25, -0.2) is 10.8 Å². The molecule has 1 spiro atoms. The first-order valence-corrected chi connectivity index (χ1v) is 8.32. The molecule has 1 aromatic heterocycles. The number of nitrogens with zero attached hydrogens (tertiary/aromatic N) is 2. The SMILES string of the molecule is NNC(=O)c1ccc2nc3c(cc2c1)=CC1(C=3)CN=C2NC=CCC21. The summed E-state index contributed by atoms with van der Waals surface area (Å²) in [5.74, 6) is 6.33. The van der Waals surface area contributed by atoms with Gasteiger partial charge in [0.05, 0.1) is 17.4 Å². The van der Waals surface area contributed by atoms with Crippen LogP contribution in [-0.4, -0.2) is 23.3 Å². The zero-order valence-electron chi connectivity index (χ0n) is 13.5. The third-order valence-electron chi connectivity index (χ3n) is 5.32. The number of hydrogen-bond acceptors (Lipinski definition) is 5. The van der Waals surface area contributed by atoms with E-state index in [1.54, 1.807) is 6.07 Å². The van der Waals surface area contributed by atoms with E-state index in [4.69, 9.17) is 15.8 Å². The number of amides is 1. The van der Waals surface area contributed by atoms with Crippen molar-refractivity contribution < 1.29 is 4.79 Å². The number of benzene rings is 1. The third kappa shape index (κ3) is 2.04. The molecular formula is C19H17N5O. The van der Waals surface area contributed by atoms with Gasteiger partial charge in [-0.05, 0) is 48.2 Å². The Hall–Kier alpha value is -2.99. The van der Waals surface area contributed by atoms with Gasteiger partial charge in [-0.2, -0.15) is 0 Å². The number of nitrogens with two attached hydrogens (primary N) is 1. The lowest BCUT2D eigenvalue weighted by Crippen LogP contribution is -2.35. The second-order valence-electron chi connectivity index (χ2n) is 6.78. The number of fused-ring (bicyclic) bond motifs is 4. The fourth-order valence-corrected chi connectivity index (χ4v) is 4.06. The fourth-order valence-electron chi connectivity index (χ4n) is 4.06. The molecule has 0 saturated heterocycles. The first-order chi connectivity index (χ1) is 12.2. The smallest absolute Gasteiger partial charge is 0.265 e. The number of pyridine rings is 1. The second-order valence-corrected chi connectivity index (χ2v) is 6.78. The first kappa shape index (κ1) is 14.4. The van der Waals surface area contributed by atoms with Crippen molar-refractivity contribution in [3.05, 3.63) is 52.7 Å². The average molecular weight is 331 g/mol. The number of nitrogen functional groups attached to an aromatic ring is 1. The minimum atomic E-state index is -0.302. The van der Waals surface area contributed by atoms with Crippen LogP contribution in [-0.2, 0) is 0 Å². The number of hydrogen-bond donors (Lipinski definition) is 3. The summed E-state index contributed by atoms with van der Waals surface area (Å²) in [4.78, 5) is 21.2. The molecule has 6 heteroatoms. The number of amidine groups is 1. The summed E-state index contributed by atoms with van der Waals surface area (Å²) in [6.45, 7) is 0.745. The highest BCUT2D eigenvalue weighted by Crippen LogP contribution is 2.42. The van der Waals surface area contributed by atoms with Gasteiger partial charge in [0.1, 0.15) is 5.84 Å². The molecule has 1 amide bonds. The van der Waals surface area contributed by atoms with E-state index in [1.165, 1.54) is 0 Å². The predicted molar refractivity (Wildman–Crippen MR) is 96.7 cm³/mol. The van der Waals surface area contributed by atoms with Crippen molar-refractivity contribution in [1.82, 2.24) is 15.7 Å². The van der Waals surface area contributed by atoms with E-state index in [0.717, 1.165) is 40.3 Å². The summed E-state index contributed by atoms with van der Waals surface area (Å²) in [6.07, 6.45) is 9.64. The number of carbonyl (C=O) groups is 1. The summed E-state index contributed by atoms with van der Waals surface area (Å²) in [7, 11) is 0. The highest BCUT2D eigenvalue weighted by atomic mass is 16.2. The van der Waals surface area contributed by atoms with Gasteiger partial charge in [-0.15, -0.1) is 0 Å². The number of rotatable bonds is 1. The Morgan fingerprint density at radius 3 is 3.12 bits per heavy atom. The molecule has 3 aliphatic rings. The van der Waals surface area contributed by atoms with Crippen molar-refractivity contribution in [2.75, 3.05) is 6.54 Å². The maximum Gasteiger partial charge on any atom is 0.265 e. The Morgan fingerprint density at radius 2 is 2.24 bits per heavy atom. The summed E-state index contributed by atoms with van der Waals surface area (Å²) in [6, 6.07) is 7.52. The molecule has 124 valence electrons. The van der Waals surface area contributed by atoms with Crippen LogP contribution in [0.4, 0.5) is 0 Å². The molecule has 1 aromatic carbocycles. The van der Waals surface area contributed by atoms with Crippen LogP contribution in [0.15, 0.2) is 41.5 Å². The Labute approximate surface area is 143 Å². The van der Waals surface area contributed by atoms with Crippen molar-refractivity contribution in [1.29, 1.82) is 0 Å². The zero-order chi connectivity index (χ0) is 17.0. The van der Waals surface area contributed by atoms with Crippen LogP contribution in [0.5, 0.6) is 0 Å². The van der Waals surface area contributed by atoms with Crippen molar-refractivity contribution in [2.45, 2.75) is 6.42 Å². The molecule has 5 rings (SSSR count). The van der Waals surface area contributed by atoms with Crippen molar-refractivity contribution in [3.63, 3.8) is 0 Å². The van der Waals surface area contributed by atoms with Gasteiger partial charge in [0.15, 0.2) is 0 Å². The van der Waals surface area contributed by atoms with E-state index in [0.29, 0.717) is 11.5 Å². The number of aromatic nitrogens is 1. The quantitative estimate of drug-likeness (QED) is 0.388. The van der Waals surface area contributed by atoms with Gasteiger partial charge in [0.25, 0.3) is 5.91 Å². The molecule has 0 bridgehead atoms. The normalized spacial score (nSPS) is 25.6. The van der Waals surface area contributed by atoms with Crippen LogP contribution in [0.3, 0.4) is 0 Å². The van der Waals surface area contributed by atoms with Gasteiger partial charge in [0, 0.05) is 22.3 Å². The van der Waals surface area contributed by atoms with E-state index in [9.17, 15) is 4.79 Å². The molecule has 6 nitrogen and oxygen atoms in total. The van der Waals surface area contributed by atoms with E-state index >= 15 is 0 Å². The van der Waals surface area contributed by atoms with Gasteiger partial charge in [-0.1, -0.05) is 12.2 Å². The standard InChI is InChI=1S/C19H17N5O/c20-24-18(25)11-3-4-15-12(6-11)7-13-8-19(9-16(13)23-15)10-22-17-14(19)2-1-5-21-17/h1,3-9,14H,2,10,20H2,(H,21,22)(H,24,25). The molecule has 2 atom stereocenters. The van der Waals surface area contributed by atoms with Crippen LogP contribution >= 0.6 is 0 Å². The molecule has 0 radical (unpaired) electrons. The number of aliphatic imine (C=N–C) groups is 1. The molecular weight excluding hydrogens is 314 g/mol. The van der Waals surface area contributed by atoms with Crippen LogP contribution in [0, 0.1) is 11.3 Å². The Bertz CT molecular complexity index is 1100. The summed E-state index contributed by atoms with van der Waals surface area (Å²) in [5, 5.41) is 6.30. The predicted octanol–water partition coefficient (Wildman–Crippen LogP) is -0.0654. The fraction of sp³-hybridized carbons (Fsp3) is 0.211. The van der Waals surface area contributed by atoms with E-state index < -0.39 is 0 Å². The molecule has 25 heavy (non-hydrogen) atoms. The lowest BCUT2D eigenvalue weighted by molar-refractivity contribution is 0.0954. The molecule has 2 aliphatic heterocycles. The first-order valence-electron chi connectivity index (χ1n) is 8.32. The summed E-state index contributed by atoms with van der Waals surface area (Å²) >= 11 is 0. The number of carbonyl (C=O) groups excluding carboxylic acids is 1. The average Bonchev–Trinajstić information content (AvgIpc) is 3.19. The number of hydrazine groups is 1. The van der Waals surface area contributed by atoms with Gasteiger partial charge in [-0.3, -0.25) is 15.2 Å². The van der Waals surface area contributed by atoms with Gasteiger partial charge < -0.3 is 5.32 Å². The van der Waals surface area contributed by atoms with Gasteiger partial charge >= 0.3 is 0 Å². The molecule has 2 aromatic rings. The summed E-state index contributed by atoms with van der Waals surface area (Å²) in [5.41, 5.74) is 3.47. The minimum absolute atomic E-state index is 0.0999. The second kappa shape index (κ2) is 5.00. The topological polar surface area (TPSA) is 92.4 Å². The minimum Gasteiger partial charge on any atom is -0.350 e. The Morgan fingerprint density at radius 1 is 1.32 bits per heavy atom. The Kier molecular flexibility index (Phi) is 2.87. The highest BCUT2D eigenvalue weighted by Gasteiger charge is 2.44. The molecule has 4 N–H and O–H groups in total. The summed E-state index contributed by atoms with van der Waals surface area (Å²) < 4.78 is 0. The Balaban J connectivity index is 1.65. The number of allylic oxidation sites excluding steroid dienone is 1.